The second-order valence-electron chi connectivity index (χ2n) is 6.84. The first-order chi connectivity index (χ1) is 15.1. The summed E-state index contributed by atoms with van der Waals surface area (Å²) in [5.74, 6) is 2.11. The van der Waals surface area contributed by atoms with Crippen molar-refractivity contribution >= 4 is 29.0 Å². The summed E-state index contributed by atoms with van der Waals surface area (Å²) in [5.41, 5.74) is 0.637. The maximum atomic E-state index is 12.8. The van der Waals surface area contributed by atoms with Crippen molar-refractivity contribution in [2.45, 2.75) is 24.1 Å². The Labute approximate surface area is 188 Å². The van der Waals surface area contributed by atoms with Crippen LogP contribution in [0, 0.1) is 0 Å². The number of thiophene rings is 1. The van der Waals surface area contributed by atoms with E-state index in [1.807, 2.05) is 16.3 Å². The highest BCUT2D eigenvalue weighted by molar-refractivity contribution is 7.99. The third-order valence-corrected chi connectivity index (χ3v) is 6.86. The predicted octanol–water partition coefficient (Wildman–Crippen LogP) is 4.28. The number of ether oxygens (including phenoxy) is 3. The monoisotopic (exact) mass is 461 g/mol. The first-order valence-electron chi connectivity index (χ1n) is 9.74. The smallest absolute Gasteiger partial charge is 0.277 e. The molecule has 10 heteroatoms. The number of methoxy groups -OCH3 is 3. The standard InChI is InChI=1S/C21H23N3O5S2/c1-26-15-10-13(11-16(27-2)19(15)28-3)20-22-23-21(29-20)31-12-18(25)24-8-4-6-14(24)17-7-5-9-30-17/h5,7,9-11,14H,4,6,8,12H2,1-3H3. The Balaban J connectivity index is 1.44. The molecule has 0 N–H and O–H groups in total. The van der Waals surface area contributed by atoms with Gasteiger partial charge in [-0.1, -0.05) is 17.8 Å². The summed E-state index contributed by atoms with van der Waals surface area (Å²) < 4.78 is 21.9. The zero-order chi connectivity index (χ0) is 21.8. The Hall–Kier alpha value is -2.72. The van der Waals surface area contributed by atoms with E-state index < -0.39 is 0 Å². The quantitative estimate of drug-likeness (QED) is 0.460. The lowest BCUT2D eigenvalue weighted by Gasteiger charge is -2.23. The zero-order valence-electron chi connectivity index (χ0n) is 17.5. The topological polar surface area (TPSA) is 86.9 Å². The average Bonchev–Trinajstić information content (AvgIpc) is 3.56. The normalized spacial score (nSPS) is 15.8. The number of hydrogen-bond donors (Lipinski definition) is 0. The van der Waals surface area contributed by atoms with Crippen LogP contribution < -0.4 is 14.2 Å². The number of hydrogen-bond acceptors (Lipinski definition) is 9. The Morgan fingerprint density at radius 2 is 2.00 bits per heavy atom. The number of aromatic nitrogens is 2. The average molecular weight is 462 g/mol. The van der Waals surface area contributed by atoms with Gasteiger partial charge < -0.3 is 23.5 Å². The van der Waals surface area contributed by atoms with Crippen LogP contribution >= 0.6 is 23.1 Å². The Bertz CT molecular complexity index is 1010. The molecule has 1 amide bonds. The third-order valence-electron chi connectivity index (χ3n) is 5.08. The number of thioether (sulfide) groups is 1. The molecule has 3 heterocycles. The Kier molecular flexibility index (Phi) is 6.67. The van der Waals surface area contributed by atoms with E-state index in [0.29, 0.717) is 33.9 Å². The number of carbonyl (C=O) groups excluding carboxylic acids is 1. The molecule has 31 heavy (non-hydrogen) atoms. The highest BCUT2D eigenvalue weighted by Gasteiger charge is 2.30. The molecule has 0 aliphatic carbocycles. The minimum Gasteiger partial charge on any atom is -0.493 e. The van der Waals surface area contributed by atoms with E-state index in [9.17, 15) is 4.79 Å². The van der Waals surface area contributed by atoms with E-state index in [4.69, 9.17) is 18.6 Å². The second kappa shape index (κ2) is 9.61. The molecule has 3 aromatic rings. The van der Waals surface area contributed by atoms with E-state index in [-0.39, 0.29) is 17.7 Å². The zero-order valence-corrected chi connectivity index (χ0v) is 19.1. The van der Waals surface area contributed by atoms with Crippen molar-refractivity contribution in [3.8, 4) is 28.7 Å². The summed E-state index contributed by atoms with van der Waals surface area (Å²) in [6.45, 7) is 0.780. The van der Waals surface area contributed by atoms with Crippen molar-refractivity contribution in [3.05, 3.63) is 34.5 Å². The van der Waals surface area contributed by atoms with Gasteiger partial charge in [0, 0.05) is 17.0 Å². The number of rotatable bonds is 8. The van der Waals surface area contributed by atoms with Crippen molar-refractivity contribution in [1.29, 1.82) is 0 Å². The van der Waals surface area contributed by atoms with E-state index in [1.165, 1.54) is 16.6 Å². The minimum absolute atomic E-state index is 0.0773. The van der Waals surface area contributed by atoms with E-state index in [0.717, 1.165) is 19.4 Å². The fourth-order valence-corrected chi connectivity index (χ4v) is 5.16. The highest BCUT2D eigenvalue weighted by Crippen LogP contribution is 2.41. The lowest BCUT2D eigenvalue weighted by atomic mass is 10.2. The molecule has 1 saturated heterocycles. The van der Waals surface area contributed by atoms with Gasteiger partial charge in [-0.2, -0.15) is 0 Å². The van der Waals surface area contributed by atoms with Gasteiger partial charge in [0.25, 0.3) is 5.22 Å². The molecule has 0 radical (unpaired) electrons. The summed E-state index contributed by atoms with van der Waals surface area (Å²) in [5, 5.41) is 10.6. The first-order valence-corrected chi connectivity index (χ1v) is 11.6. The van der Waals surface area contributed by atoms with Gasteiger partial charge in [-0.05, 0) is 36.4 Å². The van der Waals surface area contributed by atoms with Crippen molar-refractivity contribution < 1.29 is 23.4 Å². The molecule has 1 aliphatic heterocycles. The Morgan fingerprint density at radius 1 is 1.23 bits per heavy atom. The van der Waals surface area contributed by atoms with Crippen LogP contribution in [0.15, 0.2) is 39.3 Å². The van der Waals surface area contributed by atoms with Gasteiger partial charge in [0.1, 0.15) is 0 Å². The summed E-state index contributed by atoms with van der Waals surface area (Å²) in [6.07, 6.45) is 2.02. The van der Waals surface area contributed by atoms with Crippen molar-refractivity contribution in [3.63, 3.8) is 0 Å². The van der Waals surface area contributed by atoms with E-state index in [1.54, 1.807) is 44.8 Å². The molecule has 1 atom stereocenters. The van der Waals surface area contributed by atoms with Crippen molar-refractivity contribution in [1.82, 2.24) is 15.1 Å². The molecule has 1 aromatic carbocycles. The van der Waals surface area contributed by atoms with Crippen LogP contribution in [0.25, 0.3) is 11.5 Å². The van der Waals surface area contributed by atoms with Gasteiger partial charge in [-0.15, -0.1) is 21.5 Å². The fourth-order valence-electron chi connectivity index (χ4n) is 3.64. The molecular formula is C21H23N3O5S2. The molecule has 4 rings (SSSR count). The molecular weight excluding hydrogens is 438 g/mol. The maximum absolute atomic E-state index is 12.8. The van der Waals surface area contributed by atoms with E-state index >= 15 is 0 Å². The van der Waals surface area contributed by atoms with Gasteiger partial charge in [-0.3, -0.25) is 4.79 Å². The van der Waals surface area contributed by atoms with Gasteiger partial charge in [-0.25, -0.2) is 0 Å². The molecule has 0 saturated carbocycles. The number of benzene rings is 1. The number of amides is 1. The van der Waals surface area contributed by atoms with Gasteiger partial charge in [0.15, 0.2) is 11.5 Å². The summed E-state index contributed by atoms with van der Waals surface area (Å²) >= 11 is 2.94. The molecule has 1 fully saturated rings. The lowest BCUT2D eigenvalue weighted by molar-refractivity contribution is -0.129. The van der Waals surface area contributed by atoms with Crippen LogP contribution in [0.1, 0.15) is 23.8 Å². The van der Waals surface area contributed by atoms with Crippen molar-refractivity contribution in [2.75, 3.05) is 33.6 Å². The maximum Gasteiger partial charge on any atom is 0.277 e. The van der Waals surface area contributed by atoms with Crippen molar-refractivity contribution in [2.24, 2.45) is 0 Å². The molecule has 1 unspecified atom stereocenters. The van der Waals surface area contributed by atoms with Crippen LogP contribution in [0.2, 0.25) is 0 Å². The number of nitrogens with zero attached hydrogens (tertiary/aromatic N) is 3. The minimum atomic E-state index is 0.0773. The molecule has 1 aliphatic rings. The number of carbonyl (C=O) groups is 1. The van der Waals surface area contributed by atoms with Gasteiger partial charge in [0.2, 0.25) is 17.5 Å². The Morgan fingerprint density at radius 3 is 2.65 bits per heavy atom. The number of likely N-dealkylation sites (tertiary alicyclic amines) is 1. The molecule has 0 spiro atoms. The van der Waals surface area contributed by atoms with Crippen LogP contribution in [0.3, 0.4) is 0 Å². The van der Waals surface area contributed by atoms with Crippen LogP contribution in [0.5, 0.6) is 17.2 Å². The summed E-state index contributed by atoms with van der Waals surface area (Å²) in [6, 6.07) is 7.77. The predicted molar refractivity (Wildman–Crippen MR) is 118 cm³/mol. The SMILES string of the molecule is COc1cc(-c2nnc(SCC(=O)N3CCCC3c3cccs3)o2)cc(OC)c1OC. The molecule has 8 nitrogen and oxygen atoms in total. The largest absolute Gasteiger partial charge is 0.493 e. The van der Waals surface area contributed by atoms with Gasteiger partial charge in [0.05, 0.1) is 33.1 Å². The van der Waals surface area contributed by atoms with Gasteiger partial charge >= 0.3 is 0 Å². The van der Waals surface area contributed by atoms with Crippen LogP contribution in [-0.2, 0) is 4.79 Å². The first kappa shape index (κ1) is 21.5. The van der Waals surface area contributed by atoms with Crippen LogP contribution in [-0.4, -0.2) is 54.6 Å². The second-order valence-corrected chi connectivity index (χ2v) is 8.74. The summed E-state index contributed by atoms with van der Waals surface area (Å²) in [7, 11) is 4.63. The van der Waals surface area contributed by atoms with Crippen LogP contribution in [0.4, 0.5) is 0 Å². The van der Waals surface area contributed by atoms with E-state index in [2.05, 4.69) is 16.3 Å². The summed E-state index contributed by atoms with van der Waals surface area (Å²) in [4.78, 5) is 16.0. The molecule has 164 valence electrons. The molecule has 2 aromatic heterocycles. The third kappa shape index (κ3) is 4.49. The lowest BCUT2D eigenvalue weighted by Crippen LogP contribution is -2.31. The fraction of sp³-hybridized carbons (Fsp3) is 0.381. The molecule has 0 bridgehead atoms. The highest BCUT2D eigenvalue weighted by atomic mass is 32.2.